The molecular weight excluding hydrogens is 196 g/mol. The van der Waals surface area contributed by atoms with Gasteiger partial charge in [-0.15, -0.1) is 0 Å². The fraction of sp³-hybridized carbons (Fsp3) is 1.00. The van der Waals surface area contributed by atoms with Crippen molar-refractivity contribution in [3.05, 3.63) is 0 Å². The SMILES string of the molecule is CN(CCC(C)(C)C)C1CCCCC1CN. The van der Waals surface area contributed by atoms with Crippen LogP contribution in [-0.2, 0) is 0 Å². The Morgan fingerprint density at radius 1 is 1.19 bits per heavy atom. The van der Waals surface area contributed by atoms with Crippen molar-refractivity contribution in [3.63, 3.8) is 0 Å². The van der Waals surface area contributed by atoms with E-state index in [0.717, 1.165) is 18.5 Å². The maximum atomic E-state index is 5.89. The highest BCUT2D eigenvalue weighted by Crippen LogP contribution is 2.28. The molecule has 2 nitrogen and oxygen atoms in total. The predicted molar refractivity (Wildman–Crippen MR) is 71.5 cm³/mol. The van der Waals surface area contributed by atoms with Crippen LogP contribution >= 0.6 is 0 Å². The summed E-state index contributed by atoms with van der Waals surface area (Å²) in [5, 5.41) is 0. The van der Waals surface area contributed by atoms with Crippen molar-refractivity contribution in [2.24, 2.45) is 17.1 Å². The summed E-state index contributed by atoms with van der Waals surface area (Å²) in [4.78, 5) is 2.56. The molecule has 0 aliphatic heterocycles. The van der Waals surface area contributed by atoms with Gasteiger partial charge in [0.2, 0.25) is 0 Å². The third kappa shape index (κ3) is 4.42. The molecule has 0 aromatic carbocycles. The highest BCUT2D eigenvalue weighted by atomic mass is 15.1. The molecule has 1 saturated carbocycles. The van der Waals surface area contributed by atoms with E-state index in [1.165, 1.54) is 38.6 Å². The highest BCUT2D eigenvalue weighted by Gasteiger charge is 2.27. The topological polar surface area (TPSA) is 29.3 Å². The van der Waals surface area contributed by atoms with Gasteiger partial charge >= 0.3 is 0 Å². The summed E-state index contributed by atoms with van der Waals surface area (Å²) >= 11 is 0. The zero-order valence-electron chi connectivity index (χ0n) is 11.6. The Hall–Kier alpha value is -0.0800. The molecule has 16 heavy (non-hydrogen) atoms. The molecule has 1 fully saturated rings. The van der Waals surface area contributed by atoms with Crippen LogP contribution in [0.4, 0.5) is 0 Å². The Kier molecular flexibility index (Phi) is 5.26. The number of rotatable bonds is 4. The second-order valence-corrected chi connectivity index (χ2v) is 6.64. The molecule has 2 unspecified atom stereocenters. The summed E-state index contributed by atoms with van der Waals surface area (Å²) < 4.78 is 0. The molecule has 2 N–H and O–H groups in total. The Morgan fingerprint density at radius 2 is 1.81 bits per heavy atom. The van der Waals surface area contributed by atoms with Gasteiger partial charge in [-0.1, -0.05) is 33.6 Å². The fourth-order valence-corrected chi connectivity index (χ4v) is 2.72. The van der Waals surface area contributed by atoms with E-state index in [-0.39, 0.29) is 0 Å². The zero-order valence-corrected chi connectivity index (χ0v) is 11.6. The van der Waals surface area contributed by atoms with E-state index in [2.05, 4.69) is 32.7 Å². The van der Waals surface area contributed by atoms with Crippen LogP contribution in [0.25, 0.3) is 0 Å². The summed E-state index contributed by atoms with van der Waals surface area (Å²) in [5.74, 6) is 0.735. The third-order valence-electron chi connectivity index (χ3n) is 3.95. The van der Waals surface area contributed by atoms with Crippen LogP contribution in [0.15, 0.2) is 0 Å². The van der Waals surface area contributed by atoms with Gasteiger partial charge in [-0.2, -0.15) is 0 Å². The Balaban J connectivity index is 2.41. The molecule has 0 spiro atoms. The van der Waals surface area contributed by atoms with Gasteiger partial charge < -0.3 is 10.6 Å². The van der Waals surface area contributed by atoms with Crippen molar-refractivity contribution in [2.45, 2.75) is 58.9 Å². The molecule has 0 heterocycles. The van der Waals surface area contributed by atoms with Gasteiger partial charge in [-0.05, 0) is 50.7 Å². The normalized spacial score (nSPS) is 27.4. The quantitative estimate of drug-likeness (QED) is 0.798. The number of hydrogen-bond acceptors (Lipinski definition) is 2. The lowest BCUT2D eigenvalue weighted by Crippen LogP contribution is -2.44. The Morgan fingerprint density at radius 3 is 2.38 bits per heavy atom. The number of hydrogen-bond donors (Lipinski definition) is 1. The zero-order chi connectivity index (χ0) is 12.2. The van der Waals surface area contributed by atoms with Crippen LogP contribution in [0.3, 0.4) is 0 Å². The maximum Gasteiger partial charge on any atom is 0.0132 e. The van der Waals surface area contributed by atoms with Crippen LogP contribution in [0.5, 0.6) is 0 Å². The minimum atomic E-state index is 0.446. The van der Waals surface area contributed by atoms with E-state index in [0.29, 0.717) is 5.41 Å². The molecule has 0 aromatic heterocycles. The van der Waals surface area contributed by atoms with E-state index in [1.54, 1.807) is 0 Å². The first-order chi connectivity index (χ1) is 7.44. The van der Waals surface area contributed by atoms with Crippen molar-refractivity contribution < 1.29 is 0 Å². The van der Waals surface area contributed by atoms with Gasteiger partial charge in [0, 0.05) is 6.04 Å². The van der Waals surface area contributed by atoms with Crippen molar-refractivity contribution in [3.8, 4) is 0 Å². The summed E-state index contributed by atoms with van der Waals surface area (Å²) in [5.41, 5.74) is 6.33. The van der Waals surface area contributed by atoms with Crippen molar-refractivity contribution in [1.29, 1.82) is 0 Å². The van der Waals surface area contributed by atoms with E-state index in [9.17, 15) is 0 Å². The van der Waals surface area contributed by atoms with Gasteiger partial charge in [0.15, 0.2) is 0 Å². The fourth-order valence-electron chi connectivity index (χ4n) is 2.72. The minimum absolute atomic E-state index is 0.446. The van der Waals surface area contributed by atoms with Crippen LogP contribution in [-0.4, -0.2) is 31.1 Å². The van der Waals surface area contributed by atoms with Crippen LogP contribution in [0.2, 0.25) is 0 Å². The first kappa shape index (κ1) is 14.0. The molecular formula is C14H30N2. The van der Waals surface area contributed by atoms with Crippen molar-refractivity contribution in [1.82, 2.24) is 4.90 Å². The van der Waals surface area contributed by atoms with Crippen LogP contribution < -0.4 is 5.73 Å². The van der Waals surface area contributed by atoms with Crippen molar-refractivity contribution >= 4 is 0 Å². The van der Waals surface area contributed by atoms with E-state index >= 15 is 0 Å². The second-order valence-electron chi connectivity index (χ2n) is 6.64. The molecule has 96 valence electrons. The first-order valence-electron chi connectivity index (χ1n) is 6.84. The lowest BCUT2D eigenvalue weighted by molar-refractivity contribution is 0.120. The first-order valence-corrected chi connectivity index (χ1v) is 6.84. The smallest absolute Gasteiger partial charge is 0.0132 e. The van der Waals surface area contributed by atoms with Crippen LogP contribution in [0.1, 0.15) is 52.9 Å². The molecule has 0 saturated heterocycles. The summed E-state index contributed by atoms with van der Waals surface area (Å²) in [6.45, 7) is 9.04. The predicted octanol–water partition coefficient (Wildman–Crippen LogP) is 2.87. The molecule has 2 atom stereocenters. The van der Waals surface area contributed by atoms with Gasteiger partial charge in [0.25, 0.3) is 0 Å². The second kappa shape index (κ2) is 6.02. The Labute approximate surface area is 102 Å². The number of nitrogens with two attached hydrogens (primary N) is 1. The number of nitrogens with zero attached hydrogens (tertiary/aromatic N) is 1. The van der Waals surface area contributed by atoms with E-state index in [1.807, 2.05) is 0 Å². The molecule has 2 heteroatoms. The highest BCUT2D eigenvalue weighted by molar-refractivity contribution is 4.83. The summed E-state index contributed by atoms with van der Waals surface area (Å²) in [6.07, 6.45) is 6.73. The summed E-state index contributed by atoms with van der Waals surface area (Å²) in [6, 6.07) is 0.737. The van der Waals surface area contributed by atoms with Crippen molar-refractivity contribution in [2.75, 3.05) is 20.1 Å². The van der Waals surface area contributed by atoms with Gasteiger partial charge in [0.05, 0.1) is 0 Å². The average Bonchev–Trinajstić information content (AvgIpc) is 2.25. The molecule has 1 rings (SSSR count). The van der Waals surface area contributed by atoms with Gasteiger partial charge in [-0.25, -0.2) is 0 Å². The average molecular weight is 226 g/mol. The molecule has 0 bridgehead atoms. The van der Waals surface area contributed by atoms with Gasteiger partial charge in [-0.3, -0.25) is 0 Å². The molecule has 0 amide bonds. The lowest BCUT2D eigenvalue weighted by Gasteiger charge is -2.38. The minimum Gasteiger partial charge on any atom is -0.330 e. The largest absolute Gasteiger partial charge is 0.330 e. The van der Waals surface area contributed by atoms with E-state index < -0.39 is 0 Å². The standard InChI is InChI=1S/C14H30N2/c1-14(2,3)9-10-16(4)13-8-6-5-7-12(13)11-15/h12-13H,5-11,15H2,1-4H3. The molecule has 1 aliphatic carbocycles. The van der Waals surface area contributed by atoms with Gasteiger partial charge in [0.1, 0.15) is 0 Å². The molecule has 0 radical (unpaired) electrons. The monoisotopic (exact) mass is 226 g/mol. The lowest BCUT2D eigenvalue weighted by atomic mass is 9.83. The molecule has 0 aromatic rings. The van der Waals surface area contributed by atoms with E-state index in [4.69, 9.17) is 5.73 Å². The summed E-state index contributed by atoms with van der Waals surface area (Å²) in [7, 11) is 2.28. The molecule has 1 aliphatic rings. The Bertz CT molecular complexity index is 195. The van der Waals surface area contributed by atoms with Crippen LogP contribution in [0, 0.1) is 11.3 Å². The third-order valence-corrected chi connectivity index (χ3v) is 3.95. The maximum absolute atomic E-state index is 5.89.